The Labute approximate surface area is 163 Å². The lowest BCUT2D eigenvalue weighted by molar-refractivity contribution is -0.140. The van der Waals surface area contributed by atoms with E-state index in [2.05, 4.69) is 0 Å². The molecule has 0 spiro atoms. The molecule has 0 bridgehead atoms. The van der Waals surface area contributed by atoms with Crippen LogP contribution in [0.2, 0.25) is 0 Å². The number of ether oxygens (including phenoxy) is 2. The number of carbonyl (C=O) groups is 2. The molecule has 0 saturated carbocycles. The highest BCUT2D eigenvalue weighted by Crippen LogP contribution is 2.23. The zero-order valence-electron chi connectivity index (χ0n) is 15.0. The summed E-state index contributed by atoms with van der Waals surface area (Å²) < 4.78 is 10.6. The van der Waals surface area contributed by atoms with Crippen molar-refractivity contribution in [1.29, 1.82) is 0 Å². The van der Waals surface area contributed by atoms with Gasteiger partial charge in [-0.2, -0.15) is 0 Å². The van der Waals surface area contributed by atoms with Crippen molar-refractivity contribution >= 4 is 29.7 Å². The van der Waals surface area contributed by atoms with Gasteiger partial charge in [0, 0.05) is 24.9 Å². The first-order valence-corrected chi connectivity index (χ1v) is 9.70. The fraction of sp³-hybridized carbons (Fsp3) is 0.238. The fourth-order valence-corrected chi connectivity index (χ4v) is 3.83. The summed E-state index contributed by atoms with van der Waals surface area (Å²) >= 11 is 1.53. The fourth-order valence-electron chi connectivity index (χ4n) is 2.70. The van der Waals surface area contributed by atoms with E-state index < -0.39 is 0 Å². The Hall–Kier alpha value is -2.73. The Morgan fingerprint density at radius 2 is 1.89 bits per heavy atom. The predicted molar refractivity (Wildman–Crippen MR) is 107 cm³/mol. The van der Waals surface area contributed by atoms with Crippen LogP contribution in [0.5, 0.6) is 11.5 Å². The maximum atomic E-state index is 12.5. The maximum absolute atomic E-state index is 12.5. The highest BCUT2D eigenvalue weighted by Gasteiger charge is 2.28. The van der Waals surface area contributed by atoms with Gasteiger partial charge in [0.2, 0.25) is 5.91 Å². The van der Waals surface area contributed by atoms with Crippen molar-refractivity contribution in [1.82, 2.24) is 4.90 Å². The second-order valence-electron chi connectivity index (χ2n) is 5.99. The Kier molecular flexibility index (Phi) is 6.54. The van der Waals surface area contributed by atoms with Gasteiger partial charge in [0.1, 0.15) is 16.7 Å². The number of hydrogen-bond acceptors (Lipinski definition) is 5. The molecular weight excluding hydrogens is 362 g/mol. The molecular formula is C21H21NO4S. The predicted octanol–water partition coefficient (Wildman–Crippen LogP) is 3.61. The van der Waals surface area contributed by atoms with Gasteiger partial charge in [0.15, 0.2) is 0 Å². The molecule has 0 unspecified atom stereocenters. The lowest BCUT2D eigenvalue weighted by atomic mass is 10.2. The van der Waals surface area contributed by atoms with Crippen LogP contribution in [0.15, 0.2) is 60.7 Å². The second-order valence-corrected chi connectivity index (χ2v) is 7.30. The Balaban J connectivity index is 1.62. The molecule has 1 fully saturated rings. The lowest BCUT2D eigenvalue weighted by Gasteiger charge is -2.30. The second kappa shape index (κ2) is 9.28. The van der Waals surface area contributed by atoms with Crippen molar-refractivity contribution in [2.24, 2.45) is 0 Å². The minimum absolute atomic E-state index is 0.112. The number of amides is 1. The molecule has 140 valence electrons. The van der Waals surface area contributed by atoms with Gasteiger partial charge >= 0.3 is 5.97 Å². The summed E-state index contributed by atoms with van der Waals surface area (Å²) in [6.07, 6.45) is 3.29. The van der Waals surface area contributed by atoms with Crippen molar-refractivity contribution in [3.8, 4) is 11.5 Å². The van der Waals surface area contributed by atoms with E-state index in [0.717, 1.165) is 17.1 Å². The number of benzene rings is 2. The van der Waals surface area contributed by atoms with Crippen LogP contribution in [0.3, 0.4) is 0 Å². The summed E-state index contributed by atoms with van der Waals surface area (Å²) in [5, 5.41) is -0.316. The van der Waals surface area contributed by atoms with Crippen LogP contribution in [-0.2, 0) is 14.3 Å². The molecule has 1 amide bonds. The van der Waals surface area contributed by atoms with E-state index in [0.29, 0.717) is 18.8 Å². The normalized spacial score (nSPS) is 16.9. The molecule has 2 aromatic rings. The van der Waals surface area contributed by atoms with E-state index in [1.165, 1.54) is 24.9 Å². The number of nitrogens with zero attached hydrogens (tertiary/aromatic N) is 1. The molecule has 3 rings (SSSR count). The maximum Gasteiger partial charge on any atom is 0.320 e. The number of methoxy groups -OCH3 is 1. The summed E-state index contributed by atoms with van der Waals surface area (Å²) in [6.45, 7) is 0.996. The van der Waals surface area contributed by atoms with E-state index in [9.17, 15) is 9.59 Å². The molecule has 6 heteroatoms. The summed E-state index contributed by atoms with van der Waals surface area (Å²) in [7, 11) is 1.37. The highest BCUT2D eigenvalue weighted by molar-refractivity contribution is 8.00. The lowest BCUT2D eigenvalue weighted by Crippen LogP contribution is -2.44. The molecule has 2 aromatic carbocycles. The first-order chi connectivity index (χ1) is 13.2. The molecule has 1 heterocycles. The largest absolute Gasteiger partial charge is 0.468 e. The van der Waals surface area contributed by atoms with Crippen LogP contribution < -0.4 is 4.74 Å². The summed E-state index contributed by atoms with van der Waals surface area (Å²) in [4.78, 5) is 25.8. The van der Waals surface area contributed by atoms with Gasteiger partial charge in [0.25, 0.3) is 0 Å². The Morgan fingerprint density at radius 3 is 2.67 bits per heavy atom. The average molecular weight is 383 g/mol. The Bertz CT molecular complexity index is 822. The third kappa shape index (κ3) is 5.37. The number of para-hydroxylation sites is 1. The third-order valence-electron chi connectivity index (χ3n) is 4.10. The van der Waals surface area contributed by atoms with Gasteiger partial charge < -0.3 is 14.4 Å². The molecule has 1 aliphatic rings. The smallest absolute Gasteiger partial charge is 0.320 e. The van der Waals surface area contributed by atoms with E-state index in [-0.39, 0.29) is 17.1 Å². The average Bonchev–Trinajstić information content (AvgIpc) is 2.72. The zero-order valence-corrected chi connectivity index (χ0v) is 15.9. The molecule has 27 heavy (non-hydrogen) atoms. The van der Waals surface area contributed by atoms with Crippen molar-refractivity contribution in [2.75, 3.05) is 26.0 Å². The SMILES string of the molecule is COC(=O)[C@@H]1CN(C(=O)/C=C/c2cccc(Oc3ccccc3)c2)CCS1. The number of rotatable bonds is 5. The van der Waals surface area contributed by atoms with Crippen LogP contribution >= 0.6 is 11.8 Å². The molecule has 0 aliphatic carbocycles. The highest BCUT2D eigenvalue weighted by atomic mass is 32.2. The van der Waals surface area contributed by atoms with Crippen LogP contribution in [-0.4, -0.2) is 48.0 Å². The van der Waals surface area contributed by atoms with Crippen LogP contribution in [0.4, 0.5) is 0 Å². The molecule has 1 saturated heterocycles. The molecule has 5 nitrogen and oxygen atoms in total. The molecule has 0 aromatic heterocycles. The van der Waals surface area contributed by atoms with Crippen LogP contribution in [0.25, 0.3) is 6.08 Å². The van der Waals surface area contributed by atoms with Crippen molar-refractivity contribution in [3.05, 3.63) is 66.2 Å². The van der Waals surface area contributed by atoms with Gasteiger partial charge in [-0.25, -0.2) is 0 Å². The van der Waals surface area contributed by atoms with Crippen LogP contribution in [0.1, 0.15) is 5.56 Å². The van der Waals surface area contributed by atoms with E-state index in [4.69, 9.17) is 9.47 Å². The van der Waals surface area contributed by atoms with Gasteiger partial charge in [0.05, 0.1) is 7.11 Å². The number of carbonyl (C=O) groups excluding carboxylic acids is 2. The van der Waals surface area contributed by atoms with E-state index >= 15 is 0 Å². The summed E-state index contributed by atoms with van der Waals surface area (Å²) in [5.74, 6) is 1.79. The van der Waals surface area contributed by atoms with Crippen molar-refractivity contribution in [3.63, 3.8) is 0 Å². The minimum atomic E-state index is -0.316. The first-order valence-electron chi connectivity index (χ1n) is 8.65. The van der Waals surface area contributed by atoms with Gasteiger partial charge in [-0.15, -0.1) is 11.8 Å². The van der Waals surface area contributed by atoms with Gasteiger partial charge in [-0.05, 0) is 35.9 Å². The van der Waals surface area contributed by atoms with E-state index in [1.807, 2.05) is 54.6 Å². The third-order valence-corrected chi connectivity index (χ3v) is 5.26. The number of esters is 1. The quantitative estimate of drug-likeness (QED) is 0.583. The van der Waals surface area contributed by atoms with Gasteiger partial charge in [-0.3, -0.25) is 9.59 Å². The topological polar surface area (TPSA) is 55.8 Å². The summed E-state index contributed by atoms with van der Waals surface area (Å²) in [6, 6.07) is 17.1. The van der Waals surface area contributed by atoms with Crippen LogP contribution in [0, 0.1) is 0 Å². The molecule has 1 atom stereocenters. The number of hydrogen-bond donors (Lipinski definition) is 0. The monoisotopic (exact) mass is 383 g/mol. The summed E-state index contributed by atoms with van der Waals surface area (Å²) in [5.41, 5.74) is 0.868. The molecule has 0 radical (unpaired) electrons. The first kappa shape index (κ1) is 19.0. The van der Waals surface area contributed by atoms with Crippen molar-refractivity contribution in [2.45, 2.75) is 5.25 Å². The molecule has 1 aliphatic heterocycles. The zero-order chi connectivity index (χ0) is 19.1. The minimum Gasteiger partial charge on any atom is -0.468 e. The van der Waals surface area contributed by atoms with Gasteiger partial charge in [-0.1, -0.05) is 30.3 Å². The standard InChI is InChI=1S/C21H21NO4S/c1-25-21(24)19-15-22(12-13-27-19)20(23)11-10-16-6-5-9-18(14-16)26-17-7-3-2-4-8-17/h2-11,14,19H,12-13,15H2,1H3/b11-10+/t19-/m0/s1. The van der Waals surface area contributed by atoms with E-state index in [1.54, 1.807) is 11.0 Å². The Morgan fingerprint density at radius 1 is 1.11 bits per heavy atom. The van der Waals surface area contributed by atoms with Crippen molar-refractivity contribution < 1.29 is 19.1 Å². The number of thioether (sulfide) groups is 1. The molecule has 0 N–H and O–H groups in total.